The zero-order valence-electron chi connectivity index (χ0n) is 11.8. The van der Waals surface area contributed by atoms with Gasteiger partial charge in [-0.2, -0.15) is 0 Å². The molecule has 0 aliphatic carbocycles. The van der Waals surface area contributed by atoms with Crippen molar-refractivity contribution in [3.63, 3.8) is 0 Å². The maximum Gasteiger partial charge on any atom is 0.327 e. The van der Waals surface area contributed by atoms with Gasteiger partial charge < -0.3 is 15.3 Å². The highest BCUT2D eigenvalue weighted by atomic mass is 16.4. The number of hydrogen-bond acceptors (Lipinski definition) is 4. The van der Waals surface area contributed by atoms with Gasteiger partial charge in [0, 0.05) is 7.05 Å². The van der Waals surface area contributed by atoms with Crippen LogP contribution in [0.2, 0.25) is 0 Å². The van der Waals surface area contributed by atoms with Gasteiger partial charge in [0.25, 0.3) is 5.91 Å². The Bertz CT molecular complexity index is 435. The van der Waals surface area contributed by atoms with Gasteiger partial charge in [-0.1, -0.05) is 13.8 Å². The number of hydrogen-bond donors (Lipinski definition) is 2. The summed E-state index contributed by atoms with van der Waals surface area (Å²) in [5.41, 5.74) is 0. The highest BCUT2D eigenvalue weighted by Gasteiger charge is 2.35. The molecule has 2 N–H and O–H groups in total. The Labute approximate surface area is 116 Å². The molecule has 1 fully saturated rings. The van der Waals surface area contributed by atoms with Crippen LogP contribution in [0.15, 0.2) is 0 Å². The minimum Gasteiger partial charge on any atom is -0.480 e. The van der Waals surface area contributed by atoms with Crippen molar-refractivity contribution in [1.82, 2.24) is 15.1 Å². The summed E-state index contributed by atoms with van der Waals surface area (Å²) in [6.07, 6.45) is 0.281. The average Bonchev–Trinajstić information content (AvgIpc) is 2.54. The van der Waals surface area contributed by atoms with E-state index in [2.05, 4.69) is 5.32 Å². The van der Waals surface area contributed by atoms with Crippen LogP contribution in [0.3, 0.4) is 0 Å². The number of rotatable bonds is 6. The van der Waals surface area contributed by atoms with Gasteiger partial charge in [0.05, 0.1) is 0 Å². The Morgan fingerprint density at radius 2 is 1.95 bits per heavy atom. The van der Waals surface area contributed by atoms with Gasteiger partial charge in [0.2, 0.25) is 5.91 Å². The SMILES string of the molecule is CC(C)C[C@H](NC(=O)CN1C(=O)CN(C)C1=O)C(=O)O. The van der Waals surface area contributed by atoms with Crippen LogP contribution in [0, 0.1) is 5.92 Å². The Morgan fingerprint density at radius 1 is 1.35 bits per heavy atom. The van der Waals surface area contributed by atoms with Crippen molar-refractivity contribution in [1.29, 1.82) is 0 Å². The van der Waals surface area contributed by atoms with Gasteiger partial charge in [0.1, 0.15) is 19.1 Å². The van der Waals surface area contributed by atoms with Crippen molar-refractivity contribution in [3.05, 3.63) is 0 Å². The first-order valence-corrected chi connectivity index (χ1v) is 6.30. The lowest BCUT2D eigenvalue weighted by molar-refractivity contribution is -0.142. The van der Waals surface area contributed by atoms with E-state index in [9.17, 15) is 19.2 Å². The standard InChI is InChI=1S/C12H19N3O5/c1-7(2)4-8(11(18)19)13-9(16)5-15-10(17)6-14(3)12(15)20/h7-8H,4-6H2,1-3H3,(H,13,16)(H,18,19)/t8-/m0/s1. The summed E-state index contributed by atoms with van der Waals surface area (Å²) in [5.74, 6) is -2.17. The largest absolute Gasteiger partial charge is 0.480 e. The third-order valence-electron chi connectivity index (χ3n) is 2.87. The van der Waals surface area contributed by atoms with Gasteiger partial charge in [-0.3, -0.25) is 14.5 Å². The van der Waals surface area contributed by atoms with Crippen molar-refractivity contribution < 1.29 is 24.3 Å². The van der Waals surface area contributed by atoms with E-state index in [1.54, 1.807) is 0 Å². The molecule has 0 spiro atoms. The molecule has 0 radical (unpaired) electrons. The summed E-state index contributed by atoms with van der Waals surface area (Å²) in [4.78, 5) is 47.9. The van der Waals surface area contributed by atoms with Crippen molar-refractivity contribution in [2.24, 2.45) is 5.92 Å². The summed E-state index contributed by atoms with van der Waals surface area (Å²) >= 11 is 0. The number of likely N-dealkylation sites (N-methyl/N-ethyl adjacent to an activating group) is 1. The van der Waals surface area contributed by atoms with E-state index in [0.717, 1.165) is 4.90 Å². The van der Waals surface area contributed by atoms with E-state index in [0.29, 0.717) is 0 Å². The van der Waals surface area contributed by atoms with Gasteiger partial charge >= 0.3 is 12.0 Å². The molecule has 1 aliphatic rings. The summed E-state index contributed by atoms with van der Waals surface area (Å²) in [6, 6.07) is -1.58. The number of carboxylic acids is 1. The fraction of sp³-hybridized carbons (Fsp3) is 0.667. The molecule has 8 nitrogen and oxygen atoms in total. The quantitative estimate of drug-likeness (QED) is 0.639. The maximum atomic E-state index is 11.8. The van der Waals surface area contributed by atoms with E-state index >= 15 is 0 Å². The molecule has 8 heteroatoms. The molecular weight excluding hydrogens is 266 g/mol. The van der Waals surface area contributed by atoms with Gasteiger partial charge in [0.15, 0.2) is 0 Å². The van der Waals surface area contributed by atoms with Crippen LogP contribution in [0.4, 0.5) is 4.79 Å². The molecular formula is C12H19N3O5. The topological polar surface area (TPSA) is 107 Å². The Hall–Kier alpha value is -2.12. The molecule has 0 unspecified atom stereocenters. The molecule has 0 aromatic heterocycles. The van der Waals surface area contributed by atoms with E-state index in [1.807, 2.05) is 13.8 Å². The number of aliphatic carboxylic acids is 1. The molecule has 1 heterocycles. The highest BCUT2D eigenvalue weighted by molar-refractivity contribution is 6.04. The fourth-order valence-corrected chi connectivity index (χ4v) is 1.90. The first kappa shape index (κ1) is 15.9. The molecule has 1 saturated heterocycles. The highest BCUT2D eigenvalue weighted by Crippen LogP contribution is 2.08. The summed E-state index contributed by atoms with van der Waals surface area (Å²) in [5, 5.41) is 11.3. The Kier molecular flexibility index (Phi) is 5.06. The second-order valence-corrected chi connectivity index (χ2v) is 5.21. The number of carboxylic acid groups (broad SMARTS) is 1. The molecule has 0 saturated carbocycles. The number of amides is 4. The number of urea groups is 1. The number of carbonyl (C=O) groups excluding carboxylic acids is 3. The van der Waals surface area contributed by atoms with Crippen LogP contribution < -0.4 is 5.32 Å². The van der Waals surface area contributed by atoms with Crippen LogP contribution in [0.1, 0.15) is 20.3 Å². The first-order chi connectivity index (χ1) is 9.22. The zero-order valence-corrected chi connectivity index (χ0v) is 11.8. The molecule has 112 valence electrons. The van der Waals surface area contributed by atoms with Crippen molar-refractivity contribution in [2.45, 2.75) is 26.3 Å². The van der Waals surface area contributed by atoms with Gasteiger partial charge in [-0.25, -0.2) is 9.59 Å². The molecule has 1 rings (SSSR count). The molecule has 0 aromatic rings. The normalized spacial score (nSPS) is 16.8. The van der Waals surface area contributed by atoms with Crippen LogP contribution >= 0.6 is 0 Å². The molecule has 0 bridgehead atoms. The lowest BCUT2D eigenvalue weighted by Gasteiger charge is -2.18. The monoisotopic (exact) mass is 285 g/mol. The third kappa shape index (κ3) is 3.94. The van der Waals surface area contributed by atoms with Crippen molar-refractivity contribution in [2.75, 3.05) is 20.1 Å². The minimum absolute atomic E-state index is 0.0690. The predicted octanol–water partition coefficient (Wildman–Crippen LogP) is -0.504. The molecule has 4 amide bonds. The van der Waals surface area contributed by atoms with Crippen LogP contribution in [0.25, 0.3) is 0 Å². The van der Waals surface area contributed by atoms with E-state index in [1.165, 1.54) is 11.9 Å². The second-order valence-electron chi connectivity index (χ2n) is 5.21. The fourth-order valence-electron chi connectivity index (χ4n) is 1.90. The van der Waals surface area contributed by atoms with E-state index < -0.39 is 36.4 Å². The second kappa shape index (κ2) is 6.36. The van der Waals surface area contributed by atoms with E-state index in [4.69, 9.17) is 5.11 Å². The van der Waals surface area contributed by atoms with Crippen molar-refractivity contribution >= 4 is 23.8 Å². The lowest BCUT2D eigenvalue weighted by Crippen LogP contribution is -2.47. The Balaban J connectivity index is 2.60. The number of nitrogens with one attached hydrogen (secondary N) is 1. The molecule has 1 aliphatic heterocycles. The van der Waals surface area contributed by atoms with Gasteiger partial charge in [-0.05, 0) is 12.3 Å². The smallest absolute Gasteiger partial charge is 0.327 e. The molecule has 20 heavy (non-hydrogen) atoms. The number of imide groups is 1. The van der Waals surface area contributed by atoms with Crippen LogP contribution in [0.5, 0.6) is 0 Å². The first-order valence-electron chi connectivity index (χ1n) is 6.30. The summed E-state index contributed by atoms with van der Waals surface area (Å²) in [7, 11) is 1.46. The van der Waals surface area contributed by atoms with Crippen molar-refractivity contribution in [3.8, 4) is 0 Å². The number of carbonyl (C=O) groups is 4. The summed E-state index contributed by atoms with van der Waals surface area (Å²) < 4.78 is 0. The zero-order chi connectivity index (χ0) is 15.4. The Morgan fingerprint density at radius 3 is 2.35 bits per heavy atom. The third-order valence-corrected chi connectivity index (χ3v) is 2.87. The van der Waals surface area contributed by atoms with E-state index in [-0.39, 0.29) is 18.9 Å². The molecule has 1 atom stereocenters. The maximum absolute atomic E-state index is 11.8. The predicted molar refractivity (Wildman–Crippen MR) is 68.8 cm³/mol. The number of nitrogens with zero attached hydrogens (tertiary/aromatic N) is 2. The van der Waals surface area contributed by atoms with Crippen LogP contribution in [-0.4, -0.2) is 64.9 Å². The lowest BCUT2D eigenvalue weighted by atomic mass is 10.0. The van der Waals surface area contributed by atoms with Gasteiger partial charge in [-0.15, -0.1) is 0 Å². The minimum atomic E-state index is -1.14. The molecule has 0 aromatic carbocycles. The van der Waals surface area contributed by atoms with Crippen LogP contribution in [-0.2, 0) is 14.4 Å². The average molecular weight is 285 g/mol. The summed E-state index contributed by atoms with van der Waals surface area (Å²) in [6.45, 7) is 3.15.